The number of nitrogens with two attached hydrogens (primary N) is 1. The zero-order valence-corrected chi connectivity index (χ0v) is 18.4. The highest BCUT2D eigenvalue weighted by Gasteiger charge is 2.61. The number of halogens is 4. The molecule has 0 amide bonds. The lowest BCUT2D eigenvalue weighted by Crippen LogP contribution is -2.28. The molecular weight excluding hydrogens is 477 g/mol. The average Bonchev–Trinajstić information content (AvgIpc) is 3.26. The first-order chi connectivity index (χ1) is 14.5. The number of hydrogen-bond acceptors (Lipinski definition) is 5. The van der Waals surface area contributed by atoms with E-state index in [9.17, 15) is 18.0 Å². The largest absolute Gasteiger partial charge is 0.455 e. The summed E-state index contributed by atoms with van der Waals surface area (Å²) in [5.74, 6) is -0.523. The highest BCUT2D eigenvalue weighted by atomic mass is 79.9. The Hall–Kier alpha value is -2.13. The molecule has 1 aromatic rings. The SMILES string of the molecule is C=C1C(=O)O[C@H]2[C@H]1CC/C(C=Nc1c(N)cc(C(F)(F)F)cc1Br)=C\CC[C@@]1(C)O[C@@H]21. The Balaban J connectivity index is 1.57. The van der Waals surface area contributed by atoms with Crippen molar-refractivity contribution in [2.24, 2.45) is 10.9 Å². The molecule has 2 fully saturated rings. The molecule has 0 unspecified atom stereocenters. The fourth-order valence-corrected chi connectivity index (χ4v) is 4.85. The van der Waals surface area contributed by atoms with Gasteiger partial charge in [-0.05, 0) is 66.2 Å². The Bertz CT molecular complexity index is 981. The van der Waals surface area contributed by atoms with Crippen molar-refractivity contribution in [2.75, 3.05) is 5.73 Å². The van der Waals surface area contributed by atoms with Gasteiger partial charge in [-0.3, -0.25) is 4.99 Å². The van der Waals surface area contributed by atoms with Gasteiger partial charge in [0.05, 0.1) is 16.9 Å². The van der Waals surface area contributed by atoms with E-state index in [1.54, 1.807) is 6.21 Å². The van der Waals surface area contributed by atoms with E-state index in [4.69, 9.17) is 15.2 Å². The number of alkyl halides is 3. The minimum atomic E-state index is -4.49. The van der Waals surface area contributed by atoms with Crippen LogP contribution in [0.5, 0.6) is 0 Å². The number of hydrogen-bond donors (Lipinski definition) is 1. The highest BCUT2D eigenvalue weighted by Crippen LogP contribution is 2.49. The topological polar surface area (TPSA) is 77.2 Å². The molecule has 31 heavy (non-hydrogen) atoms. The number of fused-ring (bicyclic) bond motifs is 3. The predicted molar refractivity (Wildman–Crippen MR) is 114 cm³/mol. The number of anilines is 1. The molecular formula is C22H22BrF3N2O3. The van der Waals surface area contributed by atoms with Gasteiger partial charge in [0, 0.05) is 22.2 Å². The second kappa shape index (κ2) is 7.78. The number of nitrogen functional groups attached to an aromatic ring is 1. The molecule has 4 rings (SSSR count). The van der Waals surface area contributed by atoms with E-state index in [0.29, 0.717) is 18.4 Å². The van der Waals surface area contributed by atoms with Crippen LogP contribution in [0, 0.1) is 5.92 Å². The molecule has 0 aromatic heterocycles. The van der Waals surface area contributed by atoms with Gasteiger partial charge in [-0.2, -0.15) is 13.2 Å². The maximum Gasteiger partial charge on any atom is 0.416 e. The molecule has 0 bridgehead atoms. The first-order valence-corrected chi connectivity index (χ1v) is 10.8. The Morgan fingerprint density at radius 1 is 1.39 bits per heavy atom. The molecule has 2 N–H and O–H groups in total. The van der Waals surface area contributed by atoms with E-state index >= 15 is 0 Å². The third-order valence-corrected chi connectivity index (χ3v) is 6.76. The van der Waals surface area contributed by atoms with Crippen molar-refractivity contribution in [3.8, 4) is 0 Å². The van der Waals surface area contributed by atoms with Gasteiger partial charge in [0.25, 0.3) is 0 Å². The first-order valence-electron chi connectivity index (χ1n) is 9.96. The lowest BCUT2D eigenvalue weighted by molar-refractivity contribution is -0.140. The number of aliphatic imine (C=N–C) groups is 1. The average molecular weight is 499 g/mol. The van der Waals surface area contributed by atoms with E-state index in [1.807, 2.05) is 13.0 Å². The van der Waals surface area contributed by atoms with Crippen molar-refractivity contribution in [1.29, 1.82) is 0 Å². The second-order valence-corrected chi connectivity index (χ2v) is 9.22. The first kappa shape index (κ1) is 22.1. The summed E-state index contributed by atoms with van der Waals surface area (Å²) in [5.41, 5.74) is 6.19. The summed E-state index contributed by atoms with van der Waals surface area (Å²) in [6, 6.07) is 1.84. The van der Waals surface area contributed by atoms with Crippen LogP contribution in [0.25, 0.3) is 0 Å². The van der Waals surface area contributed by atoms with Gasteiger partial charge in [0.15, 0.2) is 0 Å². The van der Waals surface area contributed by atoms with Crippen LogP contribution in [-0.2, 0) is 20.4 Å². The van der Waals surface area contributed by atoms with E-state index in [1.165, 1.54) is 0 Å². The van der Waals surface area contributed by atoms with Crippen LogP contribution in [0.4, 0.5) is 24.5 Å². The van der Waals surface area contributed by atoms with Crippen molar-refractivity contribution in [1.82, 2.24) is 0 Å². The van der Waals surface area contributed by atoms with Gasteiger partial charge in [0.1, 0.15) is 17.9 Å². The Morgan fingerprint density at radius 2 is 2.13 bits per heavy atom. The fraction of sp³-hybridized carbons (Fsp3) is 0.455. The summed E-state index contributed by atoms with van der Waals surface area (Å²) < 4.78 is 50.5. The summed E-state index contributed by atoms with van der Waals surface area (Å²) in [7, 11) is 0. The number of ether oxygens (including phenoxy) is 2. The molecule has 9 heteroatoms. The monoisotopic (exact) mass is 498 g/mol. The Kier molecular flexibility index (Phi) is 5.54. The number of carbonyl (C=O) groups excluding carboxylic acids is 1. The minimum Gasteiger partial charge on any atom is -0.455 e. The van der Waals surface area contributed by atoms with Crippen molar-refractivity contribution < 1.29 is 27.4 Å². The number of allylic oxidation sites excluding steroid dienone is 2. The van der Waals surface area contributed by atoms with E-state index in [-0.39, 0.29) is 45.5 Å². The molecule has 3 aliphatic rings. The van der Waals surface area contributed by atoms with Gasteiger partial charge in [-0.25, -0.2) is 4.79 Å². The number of nitrogens with zero attached hydrogens (tertiary/aromatic N) is 1. The van der Waals surface area contributed by atoms with Crippen molar-refractivity contribution in [3.05, 3.63) is 46.0 Å². The van der Waals surface area contributed by atoms with E-state index < -0.39 is 11.7 Å². The molecule has 2 aliphatic heterocycles. The molecule has 2 heterocycles. The van der Waals surface area contributed by atoms with Crippen LogP contribution in [-0.4, -0.2) is 30.0 Å². The molecule has 0 saturated carbocycles. The summed E-state index contributed by atoms with van der Waals surface area (Å²) >= 11 is 3.14. The van der Waals surface area contributed by atoms with Crippen LogP contribution in [0.3, 0.4) is 0 Å². The number of esters is 1. The molecule has 1 aliphatic carbocycles. The fourth-order valence-electron chi connectivity index (χ4n) is 4.27. The molecule has 4 atom stereocenters. The van der Waals surface area contributed by atoms with Crippen molar-refractivity contribution in [2.45, 2.75) is 56.6 Å². The maximum atomic E-state index is 13.0. The highest BCUT2D eigenvalue weighted by molar-refractivity contribution is 9.10. The maximum absolute atomic E-state index is 13.0. The third kappa shape index (κ3) is 4.30. The minimum absolute atomic E-state index is 0.0663. The normalized spacial score (nSPS) is 32.8. The van der Waals surface area contributed by atoms with Gasteiger partial charge in [-0.1, -0.05) is 12.7 Å². The van der Waals surface area contributed by atoms with Gasteiger partial charge < -0.3 is 15.2 Å². The van der Waals surface area contributed by atoms with Gasteiger partial charge in [0.2, 0.25) is 0 Å². The Morgan fingerprint density at radius 3 is 2.81 bits per heavy atom. The lowest BCUT2D eigenvalue weighted by Gasteiger charge is -2.19. The zero-order chi connectivity index (χ0) is 22.6. The number of epoxide rings is 1. The number of benzene rings is 1. The third-order valence-electron chi connectivity index (χ3n) is 6.16. The second-order valence-electron chi connectivity index (χ2n) is 8.36. The number of rotatable bonds is 2. The van der Waals surface area contributed by atoms with Crippen LogP contribution < -0.4 is 5.73 Å². The molecule has 166 valence electrons. The summed E-state index contributed by atoms with van der Waals surface area (Å²) in [5, 5.41) is 0. The summed E-state index contributed by atoms with van der Waals surface area (Å²) in [6.45, 7) is 5.90. The molecule has 1 aromatic carbocycles. The number of carbonyl (C=O) groups is 1. The summed E-state index contributed by atoms with van der Waals surface area (Å²) in [6.07, 6.45) is 1.47. The quantitative estimate of drug-likeness (QED) is 0.192. The van der Waals surface area contributed by atoms with Crippen LogP contribution in [0.1, 0.15) is 38.2 Å². The van der Waals surface area contributed by atoms with Crippen LogP contribution >= 0.6 is 15.9 Å². The van der Waals surface area contributed by atoms with Crippen molar-refractivity contribution in [3.63, 3.8) is 0 Å². The molecule has 0 radical (unpaired) electrons. The summed E-state index contributed by atoms with van der Waals surface area (Å²) in [4.78, 5) is 16.4. The van der Waals surface area contributed by atoms with E-state index in [2.05, 4.69) is 27.5 Å². The predicted octanol–water partition coefficient (Wildman–Crippen LogP) is 5.51. The van der Waals surface area contributed by atoms with Crippen LogP contribution in [0.2, 0.25) is 0 Å². The van der Waals surface area contributed by atoms with Gasteiger partial charge in [-0.15, -0.1) is 0 Å². The Labute approximate surface area is 186 Å². The van der Waals surface area contributed by atoms with Crippen LogP contribution in [0.15, 0.2) is 45.4 Å². The lowest BCUT2D eigenvalue weighted by atomic mass is 9.84. The van der Waals surface area contributed by atoms with Gasteiger partial charge >= 0.3 is 12.1 Å². The van der Waals surface area contributed by atoms with E-state index in [0.717, 1.165) is 30.5 Å². The standard InChI is InChI=1S/C22H22BrF3N2O3/c1-11-14-6-5-12(4-3-7-21(2)19(31-21)18(14)30-20(11)29)10-28-17-15(23)8-13(9-16(17)27)22(24,25)26/h4,8-10,14,18-19H,1,3,5-7,27H2,2H3/b12-4+,28-10?/t14-,18-,19-,21+/m0/s1. The smallest absolute Gasteiger partial charge is 0.416 e. The molecule has 2 saturated heterocycles. The molecule has 0 spiro atoms. The molecule has 5 nitrogen and oxygen atoms in total. The zero-order valence-electron chi connectivity index (χ0n) is 16.8. The van der Waals surface area contributed by atoms with Crippen molar-refractivity contribution >= 4 is 39.5 Å².